The van der Waals surface area contributed by atoms with E-state index in [0.717, 1.165) is 12.3 Å². The maximum atomic E-state index is 6.10. The number of benzene rings is 1. The molecular weight excluding hydrogens is 224 g/mol. The number of aryl methyl sites for hydroxylation is 1. The Morgan fingerprint density at radius 3 is 3.00 bits per heavy atom. The smallest absolute Gasteiger partial charge is 0.119 e. The van der Waals surface area contributed by atoms with Gasteiger partial charge in [0.1, 0.15) is 5.75 Å². The highest BCUT2D eigenvalue weighted by Crippen LogP contribution is 2.38. The number of piperidine rings is 1. The lowest BCUT2D eigenvalue weighted by atomic mass is 10.0. The Bertz CT molecular complexity index is 433. The molecule has 1 aliphatic carbocycles. The van der Waals surface area contributed by atoms with Crippen molar-refractivity contribution in [3.8, 4) is 5.75 Å². The Balaban J connectivity index is 1.84. The van der Waals surface area contributed by atoms with Gasteiger partial charge in [-0.2, -0.15) is 0 Å². The zero-order valence-electron chi connectivity index (χ0n) is 11.1. The molecule has 0 amide bonds. The summed E-state index contributed by atoms with van der Waals surface area (Å²) >= 11 is 0. The van der Waals surface area contributed by atoms with Crippen molar-refractivity contribution in [2.75, 3.05) is 20.2 Å². The van der Waals surface area contributed by atoms with E-state index in [-0.39, 0.29) is 0 Å². The first-order chi connectivity index (χ1) is 8.78. The van der Waals surface area contributed by atoms with Crippen LogP contribution < -0.4 is 10.5 Å². The molecule has 1 aliphatic heterocycles. The molecule has 2 atom stereocenters. The van der Waals surface area contributed by atoms with Crippen LogP contribution in [0.25, 0.3) is 0 Å². The molecule has 1 heterocycles. The van der Waals surface area contributed by atoms with Crippen molar-refractivity contribution >= 4 is 0 Å². The predicted molar refractivity (Wildman–Crippen MR) is 72.8 cm³/mol. The van der Waals surface area contributed by atoms with Crippen molar-refractivity contribution in [1.82, 2.24) is 4.90 Å². The number of hydrogen-bond donors (Lipinski definition) is 1. The monoisotopic (exact) mass is 246 g/mol. The number of nitrogens with zero attached hydrogens (tertiary/aromatic N) is 1. The van der Waals surface area contributed by atoms with Crippen LogP contribution in [0.3, 0.4) is 0 Å². The summed E-state index contributed by atoms with van der Waals surface area (Å²) in [7, 11) is 1.74. The van der Waals surface area contributed by atoms with E-state index in [1.54, 1.807) is 7.11 Å². The van der Waals surface area contributed by atoms with Gasteiger partial charge >= 0.3 is 0 Å². The summed E-state index contributed by atoms with van der Waals surface area (Å²) in [6, 6.07) is 7.42. The lowest BCUT2D eigenvalue weighted by molar-refractivity contribution is 0.149. The van der Waals surface area contributed by atoms with Gasteiger partial charge in [-0.05, 0) is 55.5 Å². The molecule has 18 heavy (non-hydrogen) atoms. The van der Waals surface area contributed by atoms with Crippen molar-refractivity contribution in [2.45, 2.75) is 37.8 Å². The van der Waals surface area contributed by atoms with Gasteiger partial charge in [0.05, 0.1) is 7.11 Å². The highest BCUT2D eigenvalue weighted by Gasteiger charge is 2.30. The number of rotatable bonds is 2. The van der Waals surface area contributed by atoms with Gasteiger partial charge in [0.2, 0.25) is 0 Å². The van der Waals surface area contributed by atoms with E-state index in [1.165, 1.54) is 43.4 Å². The molecule has 2 unspecified atom stereocenters. The largest absolute Gasteiger partial charge is 0.497 e. The quantitative estimate of drug-likeness (QED) is 0.868. The molecule has 1 saturated heterocycles. The van der Waals surface area contributed by atoms with E-state index >= 15 is 0 Å². The zero-order valence-corrected chi connectivity index (χ0v) is 11.1. The van der Waals surface area contributed by atoms with E-state index < -0.39 is 0 Å². The molecule has 98 valence electrons. The number of methoxy groups -OCH3 is 1. The van der Waals surface area contributed by atoms with Gasteiger partial charge in [-0.15, -0.1) is 0 Å². The predicted octanol–water partition coefficient (Wildman–Crippen LogP) is 2.11. The van der Waals surface area contributed by atoms with E-state index in [0.29, 0.717) is 12.1 Å². The first-order valence-corrected chi connectivity index (χ1v) is 6.94. The van der Waals surface area contributed by atoms with Crippen molar-refractivity contribution in [3.63, 3.8) is 0 Å². The lowest BCUT2D eigenvalue weighted by Gasteiger charge is -2.35. The van der Waals surface area contributed by atoms with Crippen molar-refractivity contribution in [1.29, 1.82) is 0 Å². The lowest BCUT2D eigenvalue weighted by Crippen LogP contribution is -2.44. The average molecular weight is 246 g/mol. The zero-order chi connectivity index (χ0) is 12.5. The van der Waals surface area contributed by atoms with Gasteiger partial charge in [-0.1, -0.05) is 6.07 Å². The highest BCUT2D eigenvalue weighted by molar-refractivity contribution is 5.40. The van der Waals surface area contributed by atoms with Crippen LogP contribution >= 0.6 is 0 Å². The van der Waals surface area contributed by atoms with Gasteiger partial charge in [0, 0.05) is 18.6 Å². The van der Waals surface area contributed by atoms with E-state index in [1.807, 2.05) is 0 Å². The Hall–Kier alpha value is -1.06. The number of likely N-dealkylation sites (tertiary alicyclic amines) is 1. The fourth-order valence-corrected chi connectivity index (χ4v) is 3.39. The summed E-state index contributed by atoms with van der Waals surface area (Å²) in [5.41, 5.74) is 9.05. The van der Waals surface area contributed by atoms with Crippen LogP contribution in [0.5, 0.6) is 5.75 Å². The third kappa shape index (κ3) is 2.13. The fraction of sp³-hybridized carbons (Fsp3) is 0.600. The molecule has 3 heteroatoms. The van der Waals surface area contributed by atoms with Gasteiger partial charge in [0.25, 0.3) is 0 Å². The first-order valence-electron chi connectivity index (χ1n) is 6.94. The third-order valence-electron chi connectivity index (χ3n) is 4.33. The summed E-state index contributed by atoms with van der Waals surface area (Å²) < 4.78 is 5.35. The van der Waals surface area contributed by atoms with E-state index in [4.69, 9.17) is 10.5 Å². The summed E-state index contributed by atoms with van der Waals surface area (Å²) in [6.07, 6.45) is 4.83. The molecule has 1 fully saturated rings. The molecule has 0 aromatic heterocycles. The second-order valence-electron chi connectivity index (χ2n) is 5.52. The molecule has 0 radical (unpaired) electrons. The summed E-state index contributed by atoms with van der Waals surface area (Å²) in [5.74, 6) is 0.974. The molecule has 0 bridgehead atoms. The van der Waals surface area contributed by atoms with Crippen LogP contribution in [0, 0.1) is 0 Å². The van der Waals surface area contributed by atoms with E-state index in [2.05, 4.69) is 23.1 Å². The second-order valence-corrected chi connectivity index (χ2v) is 5.52. The molecule has 0 spiro atoms. The van der Waals surface area contributed by atoms with Crippen LogP contribution in [-0.4, -0.2) is 31.1 Å². The number of hydrogen-bond acceptors (Lipinski definition) is 3. The number of ether oxygens (including phenoxy) is 1. The second kappa shape index (κ2) is 4.90. The van der Waals surface area contributed by atoms with Crippen LogP contribution in [0.4, 0.5) is 0 Å². The fourth-order valence-electron chi connectivity index (χ4n) is 3.39. The van der Waals surface area contributed by atoms with Crippen LogP contribution in [0.2, 0.25) is 0 Å². The molecular formula is C15H22N2O. The molecule has 2 N–H and O–H groups in total. The summed E-state index contributed by atoms with van der Waals surface area (Å²) in [4.78, 5) is 2.57. The van der Waals surface area contributed by atoms with Gasteiger partial charge in [0.15, 0.2) is 0 Å². The van der Waals surface area contributed by atoms with Crippen LogP contribution in [0.1, 0.15) is 36.4 Å². The minimum absolute atomic E-state index is 0.355. The van der Waals surface area contributed by atoms with Gasteiger partial charge < -0.3 is 10.5 Å². The summed E-state index contributed by atoms with van der Waals surface area (Å²) in [5, 5.41) is 0. The minimum atomic E-state index is 0.355. The average Bonchev–Trinajstić information content (AvgIpc) is 2.81. The molecule has 0 saturated carbocycles. The van der Waals surface area contributed by atoms with Gasteiger partial charge in [-0.3, -0.25) is 4.90 Å². The molecule has 3 rings (SSSR count). The Labute approximate surface area is 109 Å². The Morgan fingerprint density at radius 1 is 1.33 bits per heavy atom. The topological polar surface area (TPSA) is 38.5 Å². The first kappa shape index (κ1) is 12.0. The molecule has 3 nitrogen and oxygen atoms in total. The van der Waals surface area contributed by atoms with Crippen molar-refractivity contribution in [3.05, 3.63) is 29.3 Å². The number of nitrogens with two attached hydrogens (primary N) is 1. The number of fused-ring (bicyclic) bond motifs is 1. The highest BCUT2D eigenvalue weighted by atomic mass is 16.5. The summed E-state index contributed by atoms with van der Waals surface area (Å²) in [6.45, 7) is 2.23. The molecule has 2 aliphatic rings. The normalized spacial score (nSPS) is 28.1. The Morgan fingerprint density at radius 2 is 2.22 bits per heavy atom. The van der Waals surface area contributed by atoms with Gasteiger partial charge in [-0.25, -0.2) is 0 Å². The SMILES string of the molecule is COc1ccc2c(c1)C(N1CCCC(N)C1)CC2. The van der Waals surface area contributed by atoms with Crippen LogP contribution in [-0.2, 0) is 6.42 Å². The molecule has 1 aromatic rings. The van der Waals surface area contributed by atoms with E-state index in [9.17, 15) is 0 Å². The molecule has 1 aromatic carbocycles. The third-order valence-corrected chi connectivity index (χ3v) is 4.33. The maximum Gasteiger partial charge on any atom is 0.119 e. The maximum absolute atomic E-state index is 6.10. The Kier molecular flexibility index (Phi) is 3.27. The van der Waals surface area contributed by atoms with Crippen LogP contribution in [0.15, 0.2) is 18.2 Å². The minimum Gasteiger partial charge on any atom is -0.497 e. The van der Waals surface area contributed by atoms with Crippen molar-refractivity contribution < 1.29 is 4.74 Å². The standard InChI is InChI=1S/C15H22N2O/c1-18-13-6-4-11-5-7-15(14(11)9-13)17-8-2-3-12(16)10-17/h4,6,9,12,15H,2-3,5,7-8,10,16H2,1H3. The van der Waals surface area contributed by atoms with Crippen molar-refractivity contribution in [2.24, 2.45) is 5.73 Å².